The Labute approximate surface area is 212 Å². The van der Waals surface area contributed by atoms with Crippen LogP contribution in [0.3, 0.4) is 0 Å². The van der Waals surface area contributed by atoms with Crippen LogP contribution in [-0.2, 0) is 17.6 Å². The van der Waals surface area contributed by atoms with Gasteiger partial charge in [0.25, 0.3) is 5.56 Å². The second kappa shape index (κ2) is 9.80. The van der Waals surface area contributed by atoms with Crippen molar-refractivity contribution in [3.63, 3.8) is 0 Å². The number of hydrogen-bond donors (Lipinski definition) is 3. The van der Waals surface area contributed by atoms with Crippen LogP contribution in [0.15, 0.2) is 35.1 Å². The second-order valence-corrected chi connectivity index (χ2v) is 10.3. The van der Waals surface area contributed by atoms with Crippen LogP contribution >= 0.6 is 23.2 Å². The first-order valence-electron chi connectivity index (χ1n) is 11.9. The number of amides is 1. The third kappa shape index (κ3) is 4.90. The maximum atomic E-state index is 14.8. The summed E-state index contributed by atoms with van der Waals surface area (Å²) >= 11 is 12.6. The molecule has 6 nitrogen and oxygen atoms in total. The Hall–Kier alpha value is -2.61. The van der Waals surface area contributed by atoms with Gasteiger partial charge in [0, 0.05) is 22.3 Å². The average molecular weight is 517 g/mol. The quantitative estimate of drug-likeness (QED) is 0.459. The molecule has 2 aliphatic heterocycles. The molecule has 2 aromatic carbocycles. The molecule has 0 aliphatic carbocycles. The summed E-state index contributed by atoms with van der Waals surface area (Å²) in [6, 6.07) is 8.10. The van der Waals surface area contributed by atoms with E-state index < -0.39 is 5.82 Å². The topological polar surface area (TPSA) is 77.2 Å². The molecule has 184 valence electrons. The fraction of sp³-hybridized carbons (Fsp3) is 0.385. The number of aromatic amines is 1. The molecule has 1 fully saturated rings. The zero-order valence-corrected chi connectivity index (χ0v) is 20.9. The predicted molar refractivity (Wildman–Crippen MR) is 138 cm³/mol. The molecule has 0 spiro atoms. The smallest absolute Gasteiger partial charge is 0.256 e. The van der Waals surface area contributed by atoms with Crippen LogP contribution in [0.5, 0.6) is 0 Å². The summed E-state index contributed by atoms with van der Waals surface area (Å²) in [5, 5.41) is 8.33. The van der Waals surface area contributed by atoms with Crippen LogP contribution in [-0.4, -0.2) is 42.0 Å². The molecule has 3 N–H and O–H groups in total. The minimum atomic E-state index is -0.571. The van der Waals surface area contributed by atoms with E-state index in [-0.39, 0.29) is 29.7 Å². The number of carbonyl (C=O) groups is 1. The fourth-order valence-corrected chi connectivity index (χ4v) is 6.00. The summed E-state index contributed by atoms with van der Waals surface area (Å²) in [5.41, 5.74) is 2.67. The normalized spacial score (nSPS) is 19.7. The molecule has 0 bridgehead atoms. The summed E-state index contributed by atoms with van der Waals surface area (Å²) in [7, 11) is 0. The SMILES string of the molecule is CC1c2c(Cl)cc(Cl)cc2CCN1C(=O)CNc1cc2cc(CC3CCNC3)[nH]c(=O)c2cc1F. The summed E-state index contributed by atoms with van der Waals surface area (Å²) in [6.45, 7) is 4.30. The molecule has 0 saturated carbocycles. The Balaban J connectivity index is 1.33. The van der Waals surface area contributed by atoms with E-state index in [1.54, 1.807) is 17.0 Å². The van der Waals surface area contributed by atoms with E-state index in [2.05, 4.69) is 15.6 Å². The van der Waals surface area contributed by atoms with Crippen LogP contribution < -0.4 is 16.2 Å². The summed E-state index contributed by atoms with van der Waals surface area (Å²) < 4.78 is 14.8. The van der Waals surface area contributed by atoms with Crippen molar-refractivity contribution < 1.29 is 9.18 Å². The number of pyridine rings is 1. The number of aromatic nitrogens is 1. The first kappa shape index (κ1) is 24.1. The van der Waals surface area contributed by atoms with E-state index in [1.807, 2.05) is 19.1 Å². The molecule has 2 aliphatic rings. The number of nitrogens with one attached hydrogen (secondary N) is 3. The van der Waals surface area contributed by atoms with Crippen LogP contribution in [0.25, 0.3) is 10.8 Å². The lowest BCUT2D eigenvalue weighted by atomic mass is 9.93. The third-order valence-corrected chi connectivity index (χ3v) is 7.63. The predicted octanol–water partition coefficient (Wildman–Crippen LogP) is 4.68. The van der Waals surface area contributed by atoms with Gasteiger partial charge in [0.2, 0.25) is 5.91 Å². The van der Waals surface area contributed by atoms with Gasteiger partial charge < -0.3 is 20.5 Å². The largest absolute Gasteiger partial charge is 0.374 e. The number of benzene rings is 2. The van der Waals surface area contributed by atoms with Crippen LogP contribution in [0.4, 0.5) is 10.1 Å². The van der Waals surface area contributed by atoms with Gasteiger partial charge in [-0.15, -0.1) is 0 Å². The monoisotopic (exact) mass is 516 g/mol. The van der Waals surface area contributed by atoms with Gasteiger partial charge in [-0.05, 0) is 92.0 Å². The Morgan fingerprint density at radius 2 is 2.06 bits per heavy atom. The van der Waals surface area contributed by atoms with Gasteiger partial charge >= 0.3 is 0 Å². The second-order valence-electron chi connectivity index (χ2n) is 9.43. The highest BCUT2D eigenvalue weighted by Crippen LogP contribution is 2.37. The molecule has 5 rings (SSSR count). The van der Waals surface area contributed by atoms with Crippen molar-refractivity contribution in [2.45, 2.75) is 32.2 Å². The van der Waals surface area contributed by atoms with Gasteiger partial charge in [-0.25, -0.2) is 4.39 Å². The van der Waals surface area contributed by atoms with Crippen LogP contribution in [0.1, 0.15) is 36.2 Å². The van der Waals surface area contributed by atoms with Gasteiger partial charge in [-0.2, -0.15) is 0 Å². The van der Waals surface area contributed by atoms with Gasteiger partial charge in [0.1, 0.15) is 5.82 Å². The Bertz CT molecular complexity index is 1350. The molecule has 0 radical (unpaired) electrons. The van der Waals surface area contributed by atoms with Crippen LogP contribution in [0, 0.1) is 11.7 Å². The highest BCUT2D eigenvalue weighted by atomic mass is 35.5. The standard InChI is InChI=1S/C26H27Cl2FN4O2/c1-14-25-16(7-18(27)10-21(25)28)3-5-33(14)24(34)13-31-23-9-17-8-19(6-15-2-4-30-12-15)32-26(35)20(17)11-22(23)29/h7-11,14-15,30-31H,2-6,12-13H2,1H3,(H,32,35). The molecule has 1 amide bonds. The Morgan fingerprint density at radius 3 is 2.83 bits per heavy atom. The highest BCUT2D eigenvalue weighted by Gasteiger charge is 2.29. The van der Waals surface area contributed by atoms with Crippen molar-refractivity contribution in [2.24, 2.45) is 5.92 Å². The number of rotatable bonds is 5. The maximum Gasteiger partial charge on any atom is 0.256 e. The van der Waals surface area contributed by atoms with Crippen molar-refractivity contribution in [3.8, 4) is 0 Å². The molecule has 1 saturated heterocycles. The number of fused-ring (bicyclic) bond motifs is 2. The minimum Gasteiger partial charge on any atom is -0.374 e. The summed E-state index contributed by atoms with van der Waals surface area (Å²) in [5.74, 6) is -0.257. The number of anilines is 1. The highest BCUT2D eigenvalue weighted by molar-refractivity contribution is 6.35. The van der Waals surface area contributed by atoms with Crippen molar-refractivity contribution in [3.05, 3.63) is 73.4 Å². The molecule has 3 aromatic rings. The van der Waals surface area contributed by atoms with E-state index >= 15 is 0 Å². The lowest BCUT2D eigenvalue weighted by Gasteiger charge is -2.36. The number of carbonyl (C=O) groups excluding carboxylic acids is 1. The van der Waals surface area contributed by atoms with E-state index in [0.29, 0.717) is 39.7 Å². The zero-order chi connectivity index (χ0) is 24.7. The average Bonchev–Trinajstić information content (AvgIpc) is 3.31. The number of hydrogen-bond acceptors (Lipinski definition) is 4. The van der Waals surface area contributed by atoms with Crippen molar-refractivity contribution in [1.29, 1.82) is 0 Å². The molecular formula is C26H27Cl2FN4O2. The lowest BCUT2D eigenvalue weighted by molar-refractivity contribution is -0.131. The number of H-pyrrole nitrogens is 1. The Morgan fingerprint density at radius 1 is 1.23 bits per heavy atom. The van der Waals surface area contributed by atoms with E-state index in [9.17, 15) is 14.0 Å². The molecule has 2 atom stereocenters. The molecule has 1 aromatic heterocycles. The van der Waals surface area contributed by atoms with Crippen LogP contribution in [0.2, 0.25) is 10.0 Å². The minimum absolute atomic E-state index is 0.0723. The molecule has 35 heavy (non-hydrogen) atoms. The summed E-state index contributed by atoms with van der Waals surface area (Å²) in [6.07, 6.45) is 2.48. The third-order valence-electron chi connectivity index (χ3n) is 7.10. The number of halogens is 3. The van der Waals surface area contributed by atoms with E-state index in [4.69, 9.17) is 23.2 Å². The molecule has 3 heterocycles. The Kier molecular flexibility index (Phi) is 6.75. The zero-order valence-electron chi connectivity index (χ0n) is 19.4. The molecular weight excluding hydrogens is 490 g/mol. The van der Waals surface area contributed by atoms with Crippen molar-refractivity contribution in [2.75, 3.05) is 31.5 Å². The summed E-state index contributed by atoms with van der Waals surface area (Å²) in [4.78, 5) is 30.2. The first-order valence-corrected chi connectivity index (χ1v) is 12.6. The fourth-order valence-electron chi connectivity index (χ4n) is 5.30. The van der Waals surface area contributed by atoms with Gasteiger partial charge in [-0.1, -0.05) is 23.2 Å². The number of nitrogens with zero attached hydrogens (tertiary/aromatic N) is 1. The van der Waals surface area contributed by atoms with Gasteiger partial charge in [-0.3, -0.25) is 9.59 Å². The maximum absolute atomic E-state index is 14.8. The van der Waals surface area contributed by atoms with Crippen molar-refractivity contribution in [1.82, 2.24) is 15.2 Å². The van der Waals surface area contributed by atoms with Gasteiger partial charge in [0.15, 0.2) is 0 Å². The van der Waals surface area contributed by atoms with E-state index in [0.717, 1.165) is 42.8 Å². The van der Waals surface area contributed by atoms with Crippen molar-refractivity contribution >= 4 is 45.6 Å². The van der Waals surface area contributed by atoms with Gasteiger partial charge in [0.05, 0.1) is 23.7 Å². The first-order chi connectivity index (χ1) is 16.8. The molecule has 9 heteroatoms. The lowest BCUT2D eigenvalue weighted by Crippen LogP contribution is -2.42. The molecule has 2 unspecified atom stereocenters. The van der Waals surface area contributed by atoms with E-state index in [1.165, 1.54) is 6.07 Å².